The number of hydrogen-bond donors (Lipinski definition) is 0. The Bertz CT molecular complexity index is 998. The number of fused-ring (bicyclic) bond motifs is 1. The topological polar surface area (TPSA) is 17.1 Å². The van der Waals surface area contributed by atoms with Crippen LogP contribution in [0.1, 0.15) is 0 Å². The van der Waals surface area contributed by atoms with Gasteiger partial charge in [-0.3, -0.25) is 0 Å². The highest BCUT2D eigenvalue weighted by atomic mass is 35.5. The van der Waals surface area contributed by atoms with Gasteiger partial charge < -0.3 is 4.57 Å². The number of hydrogen-bond acceptors (Lipinski definition) is 1. The molecule has 0 N–H and O–H groups in total. The Hall–Kier alpha value is -2.05. The summed E-state index contributed by atoms with van der Waals surface area (Å²) in [6, 6.07) is 28.4. The van der Waals surface area contributed by atoms with E-state index in [-0.39, 0.29) is 0 Å². The molecule has 2 aliphatic rings. The van der Waals surface area contributed by atoms with Gasteiger partial charge in [0.15, 0.2) is 7.14 Å². The summed E-state index contributed by atoms with van der Waals surface area (Å²) in [4.78, 5) is 0. The van der Waals surface area contributed by atoms with Crippen molar-refractivity contribution in [2.24, 2.45) is 0 Å². The molecule has 0 saturated carbocycles. The van der Waals surface area contributed by atoms with Crippen molar-refractivity contribution in [2.75, 3.05) is 0 Å². The highest BCUT2D eigenvalue weighted by molar-refractivity contribution is 7.85. The van der Waals surface area contributed by atoms with Gasteiger partial charge >= 0.3 is 0 Å². The first-order valence-corrected chi connectivity index (χ1v) is 10.7. The average molecular weight is 397 g/mol. The molecule has 0 aromatic heterocycles. The van der Waals surface area contributed by atoms with Gasteiger partial charge in [0.1, 0.15) is 0 Å². The van der Waals surface area contributed by atoms with E-state index in [1.165, 1.54) is 0 Å². The van der Waals surface area contributed by atoms with E-state index >= 15 is 0 Å². The fourth-order valence-corrected chi connectivity index (χ4v) is 7.31. The third kappa shape index (κ3) is 2.68. The van der Waals surface area contributed by atoms with Gasteiger partial charge in [-0.25, -0.2) is 0 Å². The number of rotatable bonds is 3. The Morgan fingerprint density at radius 1 is 0.538 bits per heavy atom. The lowest BCUT2D eigenvalue weighted by Crippen LogP contribution is -2.25. The zero-order chi connectivity index (χ0) is 18.1. The predicted octanol–water partition coefficient (Wildman–Crippen LogP) is 5.74. The van der Waals surface area contributed by atoms with E-state index in [1.807, 2.05) is 91.0 Å². The van der Waals surface area contributed by atoms with Gasteiger partial charge in [0.05, 0.1) is 15.3 Å². The fourth-order valence-electron chi connectivity index (χ4n) is 3.24. The third-order valence-electron chi connectivity index (χ3n) is 4.48. The summed E-state index contributed by atoms with van der Waals surface area (Å²) in [6.07, 6.45) is 0. The molecule has 0 heterocycles. The zero-order valence-corrected chi connectivity index (χ0v) is 16.2. The van der Waals surface area contributed by atoms with Crippen molar-refractivity contribution >= 4 is 46.3 Å². The van der Waals surface area contributed by atoms with Crippen LogP contribution in [0.2, 0.25) is 10.0 Å². The fraction of sp³-hybridized carbons (Fsp3) is 0. The van der Waals surface area contributed by atoms with Crippen LogP contribution < -0.4 is 15.9 Å². The first kappa shape index (κ1) is 17.4. The molecule has 128 valence electrons. The van der Waals surface area contributed by atoms with Crippen LogP contribution in [0.4, 0.5) is 0 Å². The van der Waals surface area contributed by atoms with Crippen molar-refractivity contribution in [1.29, 1.82) is 0 Å². The minimum Gasteiger partial charge on any atom is -0.309 e. The van der Waals surface area contributed by atoms with Gasteiger partial charge in [-0.05, 0) is 0 Å². The molecule has 0 bridgehead atoms. The Kier molecular flexibility index (Phi) is 4.63. The van der Waals surface area contributed by atoms with Crippen molar-refractivity contribution in [1.82, 2.24) is 0 Å². The van der Waals surface area contributed by atoms with Gasteiger partial charge in [0, 0.05) is 21.7 Å². The molecule has 0 amide bonds. The van der Waals surface area contributed by atoms with Crippen molar-refractivity contribution in [3.8, 4) is 11.1 Å². The van der Waals surface area contributed by atoms with E-state index in [4.69, 9.17) is 23.2 Å². The summed E-state index contributed by atoms with van der Waals surface area (Å²) < 4.78 is 14.5. The molecule has 0 radical (unpaired) electrons. The van der Waals surface area contributed by atoms with E-state index < -0.39 is 7.14 Å². The quantitative estimate of drug-likeness (QED) is 0.403. The van der Waals surface area contributed by atoms with Crippen molar-refractivity contribution in [3.63, 3.8) is 0 Å². The second kappa shape index (κ2) is 6.93. The van der Waals surface area contributed by atoms with Gasteiger partial charge in [-0.2, -0.15) is 0 Å². The smallest absolute Gasteiger partial charge is 0.174 e. The SMILES string of the molecule is O=P(c1ccccc1)(c1ccccc1)c1c(Cl)c2cccccc-2c1Cl. The monoisotopic (exact) mass is 396 g/mol. The first-order chi connectivity index (χ1) is 12.6. The summed E-state index contributed by atoms with van der Waals surface area (Å²) >= 11 is 13.5. The second-order valence-corrected chi connectivity index (χ2v) is 9.45. The molecular weight excluding hydrogens is 382 g/mol. The van der Waals surface area contributed by atoms with E-state index in [9.17, 15) is 4.57 Å². The summed E-state index contributed by atoms with van der Waals surface area (Å²) in [5.74, 6) is 0. The van der Waals surface area contributed by atoms with Crippen molar-refractivity contribution < 1.29 is 4.57 Å². The maximum atomic E-state index is 14.5. The maximum Gasteiger partial charge on any atom is 0.174 e. The first-order valence-electron chi connectivity index (χ1n) is 8.21. The second-order valence-electron chi connectivity index (χ2n) is 5.99. The number of halogens is 2. The molecular formula is C22H15Cl2OP. The molecule has 2 aromatic rings. The molecule has 0 atom stereocenters. The molecule has 0 aliphatic heterocycles. The molecule has 26 heavy (non-hydrogen) atoms. The molecule has 0 unspecified atom stereocenters. The maximum absolute atomic E-state index is 14.5. The molecule has 4 rings (SSSR count). The summed E-state index contributed by atoms with van der Waals surface area (Å²) in [6.45, 7) is 0. The zero-order valence-electron chi connectivity index (χ0n) is 13.8. The lowest BCUT2D eigenvalue weighted by atomic mass is 10.2. The van der Waals surface area contributed by atoms with Gasteiger partial charge in [0.2, 0.25) is 0 Å². The van der Waals surface area contributed by atoms with Gasteiger partial charge in [-0.15, -0.1) is 0 Å². The van der Waals surface area contributed by atoms with E-state index in [2.05, 4.69) is 0 Å². The number of benzene rings is 2. The molecule has 1 nitrogen and oxygen atoms in total. The largest absolute Gasteiger partial charge is 0.309 e. The molecule has 0 saturated heterocycles. The normalized spacial score (nSPS) is 11.6. The van der Waals surface area contributed by atoms with Crippen LogP contribution in [0, 0.1) is 0 Å². The Morgan fingerprint density at radius 3 is 1.27 bits per heavy atom. The van der Waals surface area contributed by atoms with Crippen LogP contribution in [0.25, 0.3) is 11.1 Å². The molecule has 4 heteroatoms. The van der Waals surface area contributed by atoms with Crippen LogP contribution in [0.5, 0.6) is 0 Å². The van der Waals surface area contributed by atoms with E-state index in [1.54, 1.807) is 0 Å². The van der Waals surface area contributed by atoms with Crippen molar-refractivity contribution in [2.45, 2.75) is 0 Å². The standard InChI is InChI=1S/C22H15Cl2OP/c23-20-18-14-8-3-9-15-19(18)21(24)22(20)26(25,16-10-4-1-5-11-16)17-12-6-2-7-13-17/h1-15H. The van der Waals surface area contributed by atoms with Crippen LogP contribution in [0.3, 0.4) is 0 Å². The van der Waals surface area contributed by atoms with E-state index in [0.717, 1.165) is 21.7 Å². The van der Waals surface area contributed by atoms with Crippen LogP contribution in [0.15, 0.2) is 91.0 Å². The minimum atomic E-state index is -3.21. The van der Waals surface area contributed by atoms with Crippen LogP contribution in [-0.4, -0.2) is 0 Å². The van der Waals surface area contributed by atoms with Crippen LogP contribution >= 0.6 is 30.3 Å². The lowest BCUT2D eigenvalue weighted by molar-refractivity contribution is 0.592. The molecule has 0 fully saturated rings. The van der Waals surface area contributed by atoms with Gasteiger partial charge in [-0.1, -0.05) is 114 Å². The minimum absolute atomic E-state index is 0.456. The highest BCUT2D eigenvalue weighted by Gasteiger charge is 2.37. The summed E-state index contributed by atoms with van der Waals surface area (Å²) in [5.41, 5.74) is 1.62. The Balaban J connectivity index is 2.12. The molecule has 2 aliphatic carbocycles. The third-order valence-corrected chi connectivity index (χ3v) is 8.66. The lowest BCUT2D eigenvalue weighted by Gasteiger charge is -2.20. The molecule has 0 spiro atoms. The summed E-state index contributed by atoms with van der Waals surface area (Å²) in [7, 11) is -3.21. The van der Waals surface area contributed by atoms with Crippen molar-refractivity contribution in [3.05, 3.63) is 101 Å². The highest BCUT2D eigenvalue weighted by Crippen LogP contribution is 2.51. The average Bonchev–Trinajstić information content (AvgIpc) is 2.86. The Labute approximate surface area is 162 Å². The summed E-state index contributed by atoms with van der Waals surface area (Å²) in [5, 5.41) is 2.86. The van der Waals surface area contributed by atoms with Gasteiger partial charge in [0.25, 0.3) is 0 Å². The van der Waals surface area contributed by atoms with E-state index in [0.29, 0.717) is 15.3 Å². The molecule has 2 aromatic carbocycles. The van der Waals surface area contributed by atoms with Crippen LogP contribution in [-0.2, 0) is 4.57 Å². The predicted molar refractivity (Wildman–Crippen MR) is 112 cm³/mol. The Morgan fingerprint density at radius 2 is 0.885 bits per heavy atom.